The van der Waals surface area contributed by atoms with Crippen LogP contribution in [0.4, 0.5) is 15.8 Å². The number of benzene rings is 2. The van der Waals surface area contributed by atoms with Crippen molar-refractivity contribution < 1.29 is 14.0 Å². The molecule has 1 aliphatic rings. The molecule has 0 bridgehead atoms. The van der Waals surface area contributed by atoms with E-state index in [1.165, 1.54) is 35.2 Å². The molecule has 7 heteroatoms. The van der Waals surface area contributed by atoms with E-state index in [9.17, 15) is 14.0 Å². The fraction of sp³-hybridized carbons (Fsp3) is 0.190. The van der Waals surface area contributed by atoms with E-state index in [1.807, 2.05) is 24.3 Å². The third-order valence-corrected chi connectivity index (χ3v) is 4.80. The van der Waals surface area contributed by atoms with Gasteiger partial charge in [-0.1, -0.05) is 12.1 Å². The molecule has 1 heterocycles. The van der Waals surface area contributed by atoms with Crippen LogP contribution in [0.2, 0.25) is 0 Å². The maximum Gasteiger partial charge on any atom is 0.270 e. The Morgan fingerprint density at radius 1 is 1.04 bits per heavy atom. The molecule has 0 unspecified atom stereocenters. The van der Waals surface area contributed by atoms with Crippen molar-refractivity contribution >= 4 is 46.6 Å². The van der Waals surface area contributed by atoms with Crippen LogP contribution >= 0.6 is 12.2 Å². The fourth-order valence-electron chi connectivity index (χ4n) is 3.02. The average molecular weight is 397 g/mol. The van der Waals surface area contributed by atoms with Gasteiger partial charge >= 0.3 is 0 Å². The standard InChI is InChI=1S/C21H20FN3O2S/c1-3-24(4-2)16-9-5-14(6-10-16)13-18-19(26)23-21(28)25(20(18)27)17-11-7-15(22)8-12-17/h5-13H,3-4H2,1-2H3,(H,23,26,28). The van der Waals surface area contributed by atoms with Gasteiger partial charge in [-0.05, 0) is 74.1 Å². The molecule has 1 fully saturated rings. The van der Waals surface area contributed by atoms with Gasteiger partial charge in [-0.15, -0.1) is 0 Å². The summed E-state index contributed by atoms with van der Waals surface area (Å²) in [7, 11) is 0. The van der Waals surface area contributed by atoms with Crippen LogP contribution in [-0.2, 0) is 9.59 Å². The topological polar surface area (TPSA) is 52.7 Å². The first kappa shape index (κ1) is 19.7. The summed E-state index contributed by atoms with van der Waals surface area (Å²) in [4.78, 5) is 28.6. The second-order valence-corrected chi connectivity index (χ2v) is 6.58. The predicted molar refractivity (Wildman–Crippen MR) is 113 cm³/mol. The van der Waals surface area contributed by atoms with Crippen LogP contribution in [0, 0.1) is 5.82 Å². The minimum absolute atomic E-state index is 0.0318. The summed E-state index contributed by atoms with van der Waals surface area (Å²) < 4.78 is 13.2. The van der Waals surface area contributed by atoms with Crippen molar-refractivity contribution in [1.29, 1.82) is 0 Å². The van der Waals surface area contributed by atoms with Crippen molar-refractivity contribution in [3.63, 3.8) is 0 Å². The first-order chi connectivity index (χ1) is 13.4. The minimum Gasteiger partial charge on any atom is -0.372 e. The maximum atomic E-state index is 13.2. The number of carbonyl (C=O) groups excluding carboxylic acids is 2. The smallest absolute Gasteiger partial charge is 0.270 e. The van der Waals surface area contributed by atoms with Crippen molar-refractivity contribution in [2.24, 2.45) is 0 Å². The SMILES string of the molecule is CCN(CC)c1ccc(C=C2C(=O)NC(=S)N(c3ccc(F)cc3)C2=O)cc1. The molecular weight excluding hydrogens is 377 g/mol. The van der Waals surface area contributed by atoms with Crippen molar-refractivity contribution in [3.05, 3.63) is 65.5 Å². The Labute approximate surface area is 168 Å². The molecule has 2 amide bonds. The molecule has 1 saturated heterocycles. The lowest BCUT2D eigenvalue weighted by atomic mass is 10.1. The highest BCUT2D eigenvalue weighted by atomic mass is 32.1. The summed E-state index contributed by atoms with van der Waals surface area (Å²) in [6.07, 6.45) is 1.53. The first-order valence-electron chi connectivity index (χ1n) is 8.96. The number of hydrogen-bond acceptors (Lipinski definition) is 4. The number of thiocarbonyl (C=S) groups is 1. The number of rotatable bonds is 5. The van der Waals surface area contributed by atoms with E-state index in [0.717, 1.165) is 24.3 Å². The Balaban J connectivity index is 1.91. The monoisotopic (exact) mass is 397 g/mol. The third kappa shape index (κ3) is 3.94. The number of nitrogens with one attached hydrogen (secondary N) is 1. The highest BCUT2D eigenvalue weighted by Crippen LogP contribution is 2.23. The van der Waals surface area contributed by atoms with Crippen molar-refractivity contribution in [2.45, 2.75) is 13.8 Å². The predicted octanol–water partition coefficient (Wildman–Crippen LogP) is 3.50. The molecule has 3 rings (SSSR count). The number of nitrogens with zero attached hydrogens (tertiary/aromatic N) is 2. The summed E-state index contributed by atoms with van der Waals surface area (Å²) in [5.74, 6) is -1.53. The summed E-state index contributed by atoms with van der Waals surface area (Å²) in [6, 6.07) is 13.0. The Morgan fingerprint density at radius 2 is 1.64 bits per heavy atom. The van der Waals surface area contributed by atoms with Gasteiger partial charge in [0, 0.05) is 18.8 Å². The highest BCUT2D eigenvalue weighted by molar-refractivity contribution is 7.80. The molecule has 2 aromatic carbocycles. The lowest BCUT2D eigenvalue weighted by Gasteiger charge is -2.29. The van der Waals surface area contributed by atoms with E-state index in [0.29, 0.717) is 5.69 Å². The highest BCUT2D eigenvalue weighted by Gasteiger charge is 2.34. The summed E-state index contributed by atoms with van der Waals surface area (Å²) >= 11 is 5.13. The normalized spacial score (nSPS) is 15.8. The van der Waals surface area contributed by atoms with Crippen LogP contribution in [0.15, 0.2) is 54.1 Å². The second-order valence-electron chi connectivity index (χ2n) is 6.20. The van der Waals surface area contributed by atoms with Crippen molar-refractivity contribution in [2.75, 3.05) is 22.9 Å². The quantitative estimate of drug-likeness (QED) is 0.477. The molecular formula is C21H20FN3O2S. The summed E-state index contributed by atoms with van der Waals surface area (Å²) in [5.41, 5.74) is 2.15. The molecule has 1 aliphatic heterocycles. The lowest BCUT2D eigenvalue weighted by molar-refractivity contribution is -0.122. The van der Waals surface area contributed by atoms with Gasteiger partial charge in [0.2, 0.25) is 0 Å². The van der Waals surface area contributed by atoms with Crippen LogP contribution in [0.25, 0.3) is 6.08 Å². The van der Waals surface area contributed by atoms with Crippen LogP contribution < -0.4 is 15.1 Å². The van der Waals surface area contributed by atoms with Gasteiger partial charge in [-0.25, -0.2) is 4.39 Å². The van der Waals surface area contributed by atoms with E-state index in [4.69, 9.17) is 12.2 Å². The van der Waals surface area contributed by atoms with Crippen molar-refractivity contribution in [1.82, 2.24) is 5.32 Å². The van der Waals surface area contributed by atoms with Gasteiger partial charge in [0.1, 0.15) is 11.4 Å². The molecule has 0 radical (unpaired) electrons. The molecule has 5 nitrogen and oxygen atoms in total. The van der Waals surface area contributed by atoms with Crippen LogP contribution in [0.5, 0.6) is 0 Å². The van der Waals surface area contributed by atoms with E-state index < -0.39 is 17.6 Å². The number of hydrogen-bond donors (Lipinski definition) is 1. The minimum atomic E-state index is -0.554. The first-order valence-corrected chi connectivity index (χ1v) is 9.37. The Hall–Kier alpha value is -3.06. The van der Waals surface area contributed by atoms with E-state index in [2.05, 4.69) is 24.1 Å². The number of carbonyl (C=O) groups is 2. The molecule has 0 aliphatic carbocycles. The van der Waals surface area contributed by atoms with Crippen molar-refractivity contribution in [3.8, 4) is 0 Å². The van der Waals surface area contributed by atoms with E-state index >= 15 is 0 Å². The second kappa shape index (κ2) is 8.31. The maximum absolute atomic E-state index is 13.2. The molecule has 144 valence electrons. The Morgan fingerprint density at radius 3 is 2.21 bits per heavy atom. The van der Waals surface area contributed by atoms with E-state index in [1.54, 1.807) is 0 Å². The molecule has 0 spiro atoms. The molecule has 28 heavy (non-hydrogen) atoms. The van der Waals surface area contributed by atoms with Crippen LogP contribution in [0.3, 0.4) is 0 Å². The van der Waals surface area contributed by atoms with Crippen LogP contribution in [-0.4, -0.2) is 30.0 Å². The van der Waals surface area contributed by atoms with Gasteiger partial charge in [0.15, 0.2) is 5.11 Å². The number of amides is 2. The Kier molecular flexibility index (Phi) is 5.84. The summed E-state index contributed by atoms with van der Waals surface area (Å²) in [6.45, 7) is 5.94. The van der Waals surface area contributed by atoms with Gasteiger partial charge in [0.25, 0.3) is 11.8 Å². The zero-order chi connectivity index (χ0) is 20.3. The zero-order valence-corrected chi connectivity index (χ0v) is 16.4. The van der Waals surface area contributed by atoms with E-state index in [-0.39, 0.29) is 10.7 Å². The molecule has 0 aromatic heterocycles. The fourth-order valence-corrected chi connectivity index (χ4v) is 3.30. The molecule has 0 atom stereocenters. The number of anilines is 2. The summed E-state index contributed by atoms with van der Waals surface area (Å²) in [5, 5.41) is 2.49. The lowest BCUT2D eigenvalue weighted by Crippen LogP contribution is -2.54. The molecule has 1 N–H and O–H groups in total. The largest absolute Gasteiger partial charge is 0.372 e. The third-order valence-electron chi connectivity index (χ3n) is 4.52. The van der Waals surface area contributed by atoms with Gasteiger partial charge in [0.05, 0.1) is 5.69 Å². The number of halogens is 1. The van der Waals surface area contributed by atoms with Crippen LogP contribution in [0.1, 0.15) is 19.4 Å². The zero-order valence-electron chi connectivity index (χ0n) is 15.6. The average Bonchev–Trinajstić information content (AvgIpc) is 2.68. The van der Waals surface area contributed by atoms with Gasteiger partial charge < -0.3 is 4.90 Å². The molecule has 2 aromatic rings. The molecule has 0 saturated carbocycles. The Bertz CT molecular complexity index is 935. The van der Waals surface area contributed by atoms with Gasteiger partial charge in [-0.2, -0.15) is 0 Å². The van der Waals surface area contributed by atoms with Gasteiger partial charge in [-0.3, -0.25) is 19.8 Å².